The molecule has 1 aromatic heterocycles. The van der Waals surface area contributed by atoms with E-state index in [1.807, 2.05) is 24.3 Å². The first kappa shape index (κ1) is 17.7. The molecule has 6 heteroatoms. The summed E-state index contributed by atoms with van der Waals surface area (Å²) in [5.74, 6) is -0.340. The van der Waals surface area contributed by atoms with E-state index in [1.54, 1.807) is 31.3 Å². The highest BCUT2D eigenvalue weighted by Gasteiger charge is 2.15. The molecule has 6 nitrogen and oxygen atoms in total. The largest absolute Gasteiger partial charge is 0.372 e. The Morgan fingerprint density at radius 3 is 2.27 bits per heavy atom. The van der Waals surface area contributed by atoms with Gasteiger partial charge in [-0.1, -0.05) is 18.2 Å². The number of anilines is 2. The highest BCUT2D eigenvalue weighted by Crippen LogP contribution is 2.19. The van der Waals surface area contributed by atoms with Crippen LogP contribution in [0.15, 0.2) is 53.3 Å². The summed E-state index contributed by atoms with van der Waals surface area (Å²) in [7, 11) is 1.55. The lowest BCUT2D eigenvalue weighted by molar-refractivity contribution is 0.102. The summed E-state index contributed by atoms with van der Waals surface area (Å²) in [5, 5.41) is 8.04. The molecule has 0 fully saturated rings. The maximum Gasteiger partial charge on any atom is 0.276 e. The SMILES string of the molecule is CCN(CC)c1ccc(NC(=O)c2nn(C)c(=O)c3ccccc23)cc1. The predicted octanol–water partition coefficient (Wildman–Crippen LogP) is 3.03. The van der Waals surface area contributed by atoms with Crippen LogP contribution in [-0.4, -0.2) is 28.8 Å². The Labute approximate surface area is 152 Å². The minimum atomic E-state index is -0.340. The van der Waals surface area contributed by atoms with Gasteiger partial charge in [0.25, 0.3) is 11.5 Å². The van der Waals surface area contributed by atoms with Gasteiger partial charge in [0.2, 0.25) is 0 Å². The van der Waals surface area contributed by atoms with Crippen LogP contribution in [0.2, 0.25) is 0 Å². The number of aromatic nitrogens is 2. The van der Waals surface area contributed by atoms with Crippen molar-refractivity contribution in [1.29, 1.82) is 0 Å². The number of benzene rings is 2. The lowest BCUT2D eigenvalue weighted by atomic mass is 10.1. The topological polar surface area (TPSA) is 67.2 Å². The molecule has 0 aliphatic heterocycles. The molecule has 0 unspecified atom stereocenters. The molecular weight excluding hydrogens is 328 g/mol. The van der Waals surface area contributed by atoms with Crippen LogP contribution in [-0.2, 0) is 7.05 Å². The zero-order chi connectivity index (χ0) is 18.7. The van der Waals surface area contributed by atoms with Gasteiger partial charge in [0.15, 0.2) is 5.69 Å². The van der Waals surface area contributed by atoms with Gasteiger partial charge < -0.3 is 10.2 Å². The normalized spacial score (nSPS) is 10.7. The quantitative estimate of drug-likeness (QED) is 0.768. The van der Waals surface area contributed by atoms with Gasteiger partial charge in [-0.05, 0) is 44.2 Å². The molecule has 0 atom stereocenters. The van der Waals surface area contributed by atoms with Gasteiger partial charge >= 0.3 is 0 Å². The van der Waals surface area contributed by atoms with Crippen LogP contribution in [0.1, 0.15) is 24.3 Å². The van der Waals surface area contributed by atoms with Crippen molar-refractivity contribution < 1.29 is 4.79 Å². The Morgan fingerprint density at radius 1 is 1.04 bits per heavy atom. The van der Waals surface area contributed by atoms with Crippen molar-refractivity contribution in [3.05, 3.63) is 64.6 Å². The van der Waals surface area contributed by atoms with Crippen LogP contribution in [0, 0.1) is 0 Å². The molecule has 0 bridgehead atoms. The van der Waals surface area contributed by atoms with Crippen molar-refractivity contribution in [3.63, 3.8) is 0 Å². The van der Waals surface area contributed by atoms with E-state index >= 15 is 0 Å². The highest BCUT2D eigenvalue weighted by atomic mass is 16.2. The summed E-state index contributed by atoms with van der Waals surface area (Å²) in [4.78, 5) is 27.1. The molecule has 0 radical (unpaired) electrons. The summed E-state index contributed by atoms with van der Waals surface area (Å²) in [6, 6.07) is 14.7. The minimum absolute atomic E-state index is 0.222. The maximum absolute atomic E-state index is 12.7. The Hall–Kier alpha value is -3.15. The van der Waals surface area contributed by atoms with Crippen molar-refractivity contribution in [2.24, 2.45) is 7.05 Å². The van der Waals surface area contributed by atoms with Gasteiger partial charge in [-0.25, -0.2) is 4.68 Å². The monoisotopic (exact) mass is 350 g/mol. The van der Waals surface area contributed by atoms with Crippen molar-refractivity contribution in [1.82, 2.24) is 9.78 Å². The molecule has 0 saturated carbocycles. The van der Waals surface area contributed by atoms with E-state index in [4.69, 9.17) is 0 Å². The molecule has 134 valence electrons. The zero-order valence-corrected chi connectivity index (χ0v) is 15.2. The van der Waals surface area contributed by atoms with Crippen LogP contribution in [0.25, 0.3) is 10.8 Å². The Kier molecular flexibility index (Phi) is 5.02. The van der Waals surface area contributed by atoms with E-state index in [0.29, 0.717) is 16.5 Å². The van der Waals surface area contributed by atoms with E-state index in [9.17, 15) is 9.59 Å². The highest BCUT2D eigenvalue weighted by molar-refractivity contribution is 6.11. The molecule has 0 aliphatic rings. The molecule has 1 N–H and O–H groups in total. The van der Waals surface area contributed by atoms with Crippen molar-refractivity contribution in [3.8, 4) is 0 Å². The fourth-order valence-electron chi connectivity index (χ4n) is 3.00. The number of amides is 1. The van der Waals surface area contributed by atoms with Crippen LogP contribution in [0.3, 0.4) is 0 Å². The number of aryl methyl sites for hydroxylation is 1. The number of fused-ring (bicyclic) bond motifs is 1. The summed E-state index contributed by atoms with van der Waals surface area (Å²) in [6.07, 6.45) is 0. The van der Waals surface area contributed by atoms with Crippen LogP contribution in [0.4, 0.5) is 11.4 Å². The van der Waals surface area contributed by atoms with Crippen molar-refractivity contribution in [2.75, 3.05) is 23.3 Å². The molecule has 3 aromatic rings. The number of nitrogens with one attached hydrogen (secondary N) is 1. The summed E-state index contributed by atoms with van der Waals surface area (Å²) in [5.41, 5.74) is 1.81. The van der Waals surface area contributed by atoms with Gasteiger partial charge in [-0.2, -0.15) is 5.10 Å². The molecule has 26 heavy (non-hydrogen) atoms. The first-order chi connectivity index (χ1) is 12.5. The Balaban J connectivity index is 1.90. The molecule has 0 saturated heterocycles. The number of hydrogen-bond acceptors (Lipinski definition) is 4. The van der Waals surface area contributed by atoms with E-state index in [0.717, 1.165) is 18.8 Å². The minimum Gasteiger partial charge on any atom is -0.372 e. The Bertz CT molecular complexity index is 989. The fraction of sp³-hybridized carbons (Fsp3) is 0.250. The average molecular weight is 350 g/mol. The van der Waals surface area contributed by atoms with Crippen molar-refractivity contribution in [2.45, 2.75) is 13.8 Å². The van der Waals surface area contributed by atoms with Gasteiger partial charge in [-0.15, -0.1) is 0 Å². The molecular formula is C20H22N4O2. The van der Waals surface area contributed by atoms with Crippen LogP contribution in [0.5, 0.6) is 0 Å². The molecule has 0 aliphatic carbocycles. The third kappa shape index (κ3) is 3.31. The second kappa shape index (κ2) is 7.39. The number of carbonyl (C=O) groups is 1. The molecule has 3 rings (SSSR count). The van der Waals surface area contributed by atoms with Gasteiger partial charge in [-0.3, -0.25) is 9.59 Å². The number of hydrogen-bond donors (Lipinski definition) is 1. The fourth-order valence-corrected chi connectivity index (χ4v) is 3.00. The van der Waals surface area contributed by atoms with Crippen molar-refractivity contribution >= 4 is 28.1 Å². The number of carbonyl (C=O) groups excluding carboxylic acids is 1. The molecule has 2 aromatic carbocycles. The second-order valence-electron chi connectivity index (χ2n) is 6.00. The summed E-state index contributed by atoms with van der Waals surface area (Å²) >= 11 is 0. The molecule has 1 heterocycles. The third-order valence-corrected chi connectivity index (χ3v) is 4.43. The second-order valence-corrected chi connectivity index (χ2v) is 6.00. The van der Waals surface area contributed by atoms with Crippen LogP contribution < -0.4 is 15.8 Å². The summed E-state index contributed by atoms with van der Waals surface area (Å²) < 4.78 is 1.20. The number of nitrogens with zero attached hydrogens (tertiary/aromatic N) is 3. The smallest absolute Gasteiger partial charge is 0.276 e. The lowest BCUT2D eigenvalue weighted by Crippen LogP contribution is -2.25. The molecule has 0 spiro atoms. The first-order valence-corrected chi connectivity index (χ1v) is 8.67. The van der Waals surface area contributed by atoms with Gasteiger partial charge in [0.05, 0.1) is 5.39 Å². The maximum atomic E-state index is 12.7. The first-order valence-electron chi connectivity index (χ1n) is 8.67. The average Bonchev–Trinajstić information content (AvgIpc) is 2.67. The number of rotatable bonds is 5. The van der Waals surface area contributed by atoms with Gasteiger partial charge in [0, 0.05) is 36.9 Å². The Morgan fingerprint density at radius 2 is 1.65 bits per heavy atom. The van der Waals surface area contributed by atoms with E-state index < -0.39 is 0 Å². The van der Waals surface area contributed by atoms with Gasteiger partial charge in [0.1, 0.15) is 0 Å². The summed E-state index contributed by atoms with van der Waals surface area (Å²) in [6.45, 7) is 6.07. The molecule has 1 amide bonds. The third-order valence-electron chi connectivity index (χ3n) is 4.43. The van der Waals surface area contributed by atoms with E-state index in [1.165, 1.54) is 4.68 Å². The standard InChI is InChI=1S/C20H22N4O2/c1-4-24(5-2)15-12-10-14(11-13-15)21-19(25)18-16-8-6-7-9-17(16)20(26)23(3)22-18/h6-13H,4-5H2,1-3H3,(H,21,25). The van der Waals surface area contributed by atoms with E-state index in [-0.39, 0.29) is 17.2 Å². The zero-order valence-electron chi connectivity index (χ0n) is 15.2. The van der Waals surface area contributed by atoms with E-state index in [2.05, 4.69) is 29.2 Å². The predicted molar refractivity (Wildman–Crippen MR) is 105 cm³/mol. The lowest BCUT2D eigenvalue weighted by Gasteiger charge is -2.21. The van der Waals surface area contributed by atoms with Crippen LogP contribution >= 0.6 is 0 Å².